The Morgan fingerprint density at radius 3 is 2.45 bits per heavy atom. The second kappa shape index (κ2) is 8.56. The number of hydrogen-bond donors (Lipinski definition) is 0. The van der Waals surface area contributed by atoms with E-state index < -0.39 is 39.5 Å². The van der Waals surface area contributed by atoms with Gasteiger partial charge in [-0.05, 0) is 30.7 Å². The van der Waals surface area contributed by atoms with Gasteiger partial charge in [-0.15, -0.1) is 0 Å². The molecule has 1 fully saturated rings. The van der Waals surface area contributed by atoms with E-state index in [0.29, 0.717) is 6.42 Å². The Morgan fingerprint density at radius 1 is 1.06 bits per heavy atom. The van der Waals surface area contributed by atoms with Crippen LogP contribution in [0.1, 0.15) is 6.42 Å². The zero-order valence-electron chi connectivity index (χ0n) is 18.1. The number of benzene rings is 1. The first kappa shape index (κ1) is 22.9. The van der Waals surface area contributed by atoms with Crippen LogP contribution in [0.2, 0.25) is 0 Å². The van der Waals surface area contributed by atoms with Crippen molar-refractivity contribution in [3.63, 3.8) is 0 Å². The molecule has 0 N–H and O–H groups in total. The molecule has 176 valence electrons. The van der Waals surface area contributed by atoms with Gasteiger partial charge in [-0.1, -0.05) is 0 Å². The van der Waals surface area contributed by atoms with Crippen LogP contribution in [0.15, 0.2) is 45.1 Å². The largest absolute Gasteiger partial charge is 0.340 e. The summed E-state index contributed by atoms with van der Waals surface area (Å²) in [5.74, 6) is -0.996. The van der Waals surface area contributed by atoms with Crippen molar-refractivity contribution in [2.45, 2.75) is 17.9 Å². The number of fused-ring (bicyclic) bond motifs is 1. The highest BCUT2D eigenvalue weighted by Crippen LogP contribution is 2.18. The molecule has 0 spiro atoms. The molecule has 0 aliphatic carbocycles. The molecule has 3 heterocycles. The number of rotatable bonds is 4. The van der Waals surface area contributed by atoms with E-state index >= 15 is 0 Å². The SMILES string of the molecule is Cn1cnc2c1c(=O)n(CC(=O)N1CCCN(S(=O)(=O)c3ccc(F)cc3)CC1)c(=O)n2C. The Bertz CT molecular complexity index is 1440. The Hall–Kier alpha value is -3.32. The van der Waals surface area contributed by atoms with E-state index in [1.54, 1.807) is 7.05 Å². The lowest BCUT2D eigenvalue weighted by Gasteiger charge is -2.22. The summed E-state index contributed by atoms with van der Waals surface area (Å²) < 4.78 is 43.7. The van der Waals surface area contributed by atoms with Crippen molar-refractivity contribution in [2.75, 3.05) is 26.2 Å². The lowest BCUT2D eigenvalue weighted by molar-refractivity contribution is -0.131. The molecule has 0 saturated carbocycles. The Morgan fingerprint density at radius 2 is 1.76 bits per heavy atom. The first-order valence-corrected chi connectivity index (χ1v) is 11.7. The number of aryl methyl sites for hydroxylation is 2. The summed E-state index contributed by atoms with van der Waals surface area (Å²) >= 11 is 0. The molecule has 1 aliphatic rings. The Labute approximate surface area is 188 Å². The highest BCUT2D eigenvalue weighted by atomic mass is 32.2. The average molecular weight is 479 g/mol. The van der Waals surface area contributed by atoms with Gasteiger partial charge >= 0.3 is 5.69 Å². The molecular formula is C20H23FN6O5S. The maximum Gasteiger partial charge on any atom is 0.332 e. The normalized spacial score (nSPS) is 15.7. The van der Waals surface area contributed by atoms with Crippen LogP contribution in [0, 0.1) is 5.82 Å². The summed E-state index contributed by atoms with van der Waals surface area (Å²) in [5.41, 5.74) is -0.836. The van der Waals surface area contributed by atoms with Crippen LogP contribution in [0.4, 0.5) is 4.39 Å². The lowest BCUT2D eigenvalue weighted by Crippen LogP contribution is -2.45. The third-order valence-electron chi connectivity index (χ3n) is 5.75. The number of halogens is 1. The third kappa shape index (κ3) is 4.09. The number of amides is 1. The fourth-order valence-electron chi connectivity index (χ4n) is 3.91. The van der Waals surface area contributed by atoms with Gasteiger partial charge in [0.15, 0.2) is 11.2 Å². The monoisotopic (exact) mass is 478 g/mol. The van der Waals surface area contributed by atoms with Gasteiger partial charge in [0.1, 0.15) is 12.4 Å². The molecule has 1 amide bonds. The van der Waals surface area contributed by atoms with Crippen LogP contribution in [0.3, 0.4) is 0 Å². The fourth-order valence-corrected chi connectivity index (χ4v) is 5.38. The summed E-state index contributed by atoms with van der Waals surface area (Å²) in [6.07, 6.45) is 1.79. The summed E-state index contributed by atoms with van der Waals surface area (Å²) in [4.78, 5) is 43.9. The van der Waals surface area contributed by atoms with E-state index in [4.69, 9.17) is 0 Å². The average Bonchev–Trinajstić information content (AvgIpc) is 3.00. The molecule has 1 aliphatic heterocycles. The van der Waals surface area contributed by atoms with Crippen LogP contribution >= 0.6 is 0 Å². The van der Waals surface area contributed by atoms with Crippen LogP contribution in [-0.4, -0.2) is 68.4 Å². The molecule has 0 unspecified atom stereocenters. The number of nitrogens with zero attached hydrogens (tertiary/aromatic N) is 6. The summed E-state index contributed by atoms with van der Waals surface area (Å²) in [6.45, 7) is 0.141. The van der Waals surface area contributed by atoms with Gasteiger partial charge in [0.2, 0.25) is 15.9 Å². The van der Waals surface area contributed by atoms with E-state index in [9.17, 15) is 27.2 Å². The van der Waals surface area contributed by atoms with Crippen LogP contribution in [0.5, 0.6) is 0 Å². The van der Waals surface area contributed by atoms with E-state index in [2.05, 4.69) is 4.98 Å². The standard InChI is InChI=1S/C20H23FN6O5S/c1-23-13-22-18-17(23)19(29)27(20(30)24(18)2)12-16(28)25-8-3-9-26(11-10-25)33(31,32)15-6-4-14(21)5-7-15/h4-7,13H,3,8-12H2,1-2H3. The van der Waals surface area contributed by atoms with E-state index in [0.717, 1.165) is 16.7 Å². The van der Waals surface area contributed by atoms with Crippen molar-refractivity contribution >= 4 is 27.1 Å². The quantitative estimate of drug-likeness (QED) is 0.499. The zero-order chi connectivity index (χ0) is 23.9. The molecule has 3 aromatic rings. The molecule has 11 nitrogen and oxygen atoms in total. The zero-order valence-corrected chi connectivity index (χ0v) is 19.0. The smallest absolute Gasteiger partial charge is 0.332 e. The first-order chi connectivity index (χ1) is 15.6. The first-order valence-electron chi connectivity index (χ1n) is 10.3. The second-order valence-corrected chi connectivity index (χ2v) is 9.79. The maximum absolute atomic E-state index is 13.2. The second-order valence-electron chi connectivity index (χ2n) is 7.85. The highest BCUT2D eigenvalue weighted by Gasteiger charge is 2.29. The predicted molar refractivity (Wildman–Crippen MR) is 117 cm³/mol. The van der Waals surface area contributed by atoms with Gasteiger partial charge in [-0.25, -0.2) is 27.2 Å². The molecule has 0 bridgehead atoms. The number of carbonyl (C=O) groups is 1. The van der Waals surface area contributed by atoms with Crippen molar-refractivity contribution < 1.29 is 17.6 Å². The molecule has 4 rings (SSSR count). The van der Waals surface area contributed by atoms with Gasteiger partial charge in [-0.3, -0.25) is 14.2 Å². The van der Waals surface area contributed by atoms with Gasteiger partial charge in [-0.2, -0.15) is 4.31 Å². The van der Waals surface area contributed by atoms with Crippen LogP contribution < -0.4 is 11.2 Å². The van der Waals surface area contributed by atoms with Crippen molar-refractivity contribution in [1.82, 2.24) is 27.9 Å². The van der Waals surface area contributed by atoms with Gasteiger partial charge in [0, 0.05) is 40.3 Å². The highest BCUT2D eigenvalue weighted by molar-refractivity contribution is 7.89. The van der Waals surface area contributed by atoms with Crippen molar-refractivity contribution in [3.8, 4) is 0 Å². The summed E-state index contributed by atoms with van der Waals surface area (Å²) in [7, 11) is -0.744. The molecular weight excluding hydrogens is 455 g/mol. The van der Waals surface area contributed by atoms with Crippen LogP contribution in [-0.2, 0) is 35.5 Å². The van der Waals surface area contributed by atoms with Gasteiger partial charge in [0.05, 0.1) is 11.2 Å². The van der Waals surface area contributed by atoms with Crippen molar-refractivity contribution in [1.29, 1.82) is 0 Å². The van der Waals surface area contributed by atoms with E-state index in [-0.39, 0.29) is 42.2 Å². The molecule has 13 heteroatoms. The minimum Gasteiger partial charge on any atom is -0.340 e. The predicted octanol–water partition coefficient (Wildman–Crippen LogP) is -0.504. The number of aromatic nitrogens is 4. The maximum atomic E-state index is 13.2. The van der Waals surface area contributed by atoms with Gasteiger partial charge in [0.25, 0.3) is 5.56 Å². The van der Waals surface area contributed by atoms with Gasteiger partial charge < -0.3 is 9.47 Å². The molecule has 1 saturated heterocycles. The number of carbonyl (C=O) groups excluding carboxylic acids is 1. The summed E-state index contributed by atoms with van der Waals surface area (Å²) in [6, 6.07) is 4.57. The molecule has 0 radical (unpaired) electrons. The van der Waals surface area contributed by atoms with Crippen LogP contribution in [0.25, 0.3) is 11.2 Å². The minimum absolute atomic E-state index is 0.0248. The van der Waals surface area contributed by atoms with Crippen molar-refractivity contribution in [2.24, 2.45) is 14.1 Å². The number of sulfonamides is 1. The Balaban J connectivity index is 1.53. The van der Waals surface area contributed by atoms with E-state index in [1.807, 2.05) is 0 Å². The van der Waals surface area contributed by atoms with E-state index in [1.165, 1.54) is 43.8 Å². The fraction of sp³-hybridized carbons (Fsp3) is 0.400. The molecule has 2 aromatic heterocycles. The Kier molecular flexibility index (Phi) is 5.93. The van der Waals surface area contributed by atoms with Crippen molar-refractivity contribution in [3.05, 3.63) is 57.2 Å². The third-order valence-corrected chi connectivity index (χ3v) is 7.67. The lowest BCUT2D eigenvalue weighted by atomic mass is 10.3. The topological polar surface area (TPSA) is 120 Å². The number of imidazole rings is 1. The molecule has 0 atom stereocenters. The summed E-state index contributed by atoms with van der Waals surface area (Å²) in [5, 5.41) is 0. The molecule has 1 aromatic carbocycles. The number of hydrogen-bond acceptors (Lipinski definition) is 6. The molecule has 33 heavy (non-hydrogen) atoms. The minimum atomic E-state index is -3.84.